The number of hydrogen-bond donors (Lipinski definition) is 1. The van der Waals surface area contributed by atoms with E-state index in [9.17, 15) is 4.79 Å². The highest BCUT2D eigenvalue weighted by atomic mass is 79.9. The van der Waals surface area contributed by atoms with E-state index in [2.05, 4.69) is 20.9 Å². The number of amides is 1. The van der Waals surface area contributed by atoms with Gasteiger partial charge < -0.3 is 9.88 Å². The molecule has 17 heavy (non-hydrogen) atoms. The Kier molecular flexibility index (Phi) is 2.67. The molecule has 0 saturated carbocycles. The van der Waals surface area contributed by atoms with Crippen LogP contribution in [0.4, 0.5) is 0 Å². The molecule has 0 unspecified atom stereocenters. The summed E-state index contributed by atoms with van der Waals surface area (Å²) in [6.07, 6.45) is 2.25. The highest BCUT2D eigenvalue weighted by Crippen LogP contribution is 2.21. The molecule has 88 valence electrons. The number of nitrogens with one attached hydrogen (secondary N) is 1. The normalized spacial score (nSPS) is 15.7. The molecule has 1 amide bonds. The third-order valence-electron chi connectivity index (χ3n) is 3.21. The molecule has 2 heterocycles. The molecule has 4 heteroatoms. The van der Waals surface area contributed by atoms with E-state index >= 15 is 0 Å². The van der Waals surface area contributed by atoms with E-state index < -0.39 is 0 Å². The first-order valence-electron chi connectivity index (χ1n) is 5.81. The van der Waals surface area contributed by atoms with Crippen molar-refractivity contribution < 1.29 is 4.79 Å². The van der Waals surface area contributed by atoms with Crippen LogP contribution in [0.1, 0.15) is 23.3 Å². The topological polar surface area (TPSA) is 36.1 Å². The zero-order chi connectivity index (χ0) is 11.8. The van der Waals surface area contributed by atoms with Gasteiger partial charge in [0.05, 0.1) is 0 Å². The number of carbonyl (C=O) groups excluding carboxylic acids is 1. The van der Waals surface area contributed by atoms with Crippen LogP contribution >= 0.6 is 15.9 Å². The Morgan fingerprint density at radius 2 is 2.00 bits per heavy atom. The average Bonchev–Trinajstić information content (AvgIpc) is 2.96. The second-order valence-electron chi connectivity index (χ2n) is 4.41. The fourth-order valence-corrected chi connectivity index (χ4v) is 2.67. The zero-order valence-corrected chi connectivity index (χ0v) is 11.0. The van der Waals surface area contributed by atoms with Gasteiger partial charge in [0.25, 0.3) is 5.91 Å². The maximum absolute atomic E-state index is 12.2. The van der Waals surface area contributed by atoms with Gasteiger partial charge in [-0.1, -0.05) is 22.0 Å². The summed E-state index contributed by atoms with van der Waals surface area (Å²) in [6, 6.07) is 7.93. The first-order chi connectivity index (χ1) is 8.24. The molecule has 0 spiro atoms. The number of benzene rings is 1. The van der Waals surface area contributed by atoms with Crippen LogP contribution in [0.5, 0.6) is 0 Å². The molecule has 1 fully saturated rings. The lowest BCUT2D eigenvalue weighted by atomic mass is 10.2. The average molecular weight is 293 g/mol. The minimum atomic E-state index is 0.120. The Morgan fingerprint density at radius 1 is 1.24 bits per heavy atom. The molecule has 1 aliphatic heterocycles. The van der Waals surface area contributed by atoms with Gasteiger partial charge in [0.1, 0.15) is 5.69 Å². The van der Waals surface area contributed by atoms with Gasteiger partial charge in [0.15, 0.2) is 0 Å². The van der Waals surface area contributed by atoms with Gasteiger partial charge in [0, 0.05) is 28.5 Å². The van der Waals surface area contributed by atoms with Crippen LogP contribution in [0.15, 0.2) is 28.7 Å². The molecule has 1 aliphatic rings. The van der Waals surface area contributed by atoms with Gasteiger partial charge >= 0.3 is 0 Å². The summed E-state index contributed by atoms with van der Waals surface area (Å²) in [5.74, 6) is 0.120. The van der Waals surface area contributed by atoms with E-state index in [-0.39, 0.29) is 5.91 Å². The van der Waals surface area contributed by atoms with E-state index in [0.29, 0.717) is 5.69 Å². The quantitative estimate of drug-likeness (QED) is 0.861. The fraction of sp³-hybridized carbons (Fsp3) is 0.308. The molecule has 0 radical (unpaired) electrons. The molecule has 1 aromatic carbocycles. The standard InChI is InChI=1S/C13H13BrN2O/c14-10-4-3-9-7-12(15-11(9)8-10)13(17)16-5-1-2-6-16/h3-4,7-8,15H,1-2,5-6H2. The lowest BCUT2D eigenvalue weighted by Gasteiger charge is -2.13. The summed E-state index contributed by atoms with van der Waals surface area (Å²) < 4.78 is 1.02. The van der Waals surface area contributed by atoms with Crippen molar-refractivity contribution in [2.75, 3.05) is 13.1 Å². The van der Waals surface area contributed by atoms with Crippen molar-refractivity contribution in [1.82, 2.24) is 9.88 Å². The Bertz CT molecular complexity index is 570. The predicted octanol–water partition coefficient (Wildman–Crippen LogP) is 3.17. The monoisotopic (exact) mass is 292 g/mol. The van der Waals surface area contributed by atoms with E-state index in [4.69, 9.17) is 0 Å². The predicted molar refractivity (Wildman–Crippen MR) is 71.1 cm³/mol. The van der Waals surface area contributed by atoms with Crippen LogP contribution in [0.3, 0.4) is 0 Å². The molecule has 0 aliphatic carbocycles. The first kappa shape index (κ1) is 10.8. The fourth-order valence-electron chi connectivity index (χ4n) is 2.31. The van der Waals surface area contributed by atoms with E-state index in [1.807, 2.05) is 29.2 Å². The molecule has 1 saturated heterocycles. The van der Waals surface area contributed by atoms with Crippen LogP contribution in [0, 0.1) is 0 Å². The van der Waals surface area contributed by atoms with Gasteiger partial charge in [-0.2, -0.15) is 0 Å². The molecule has 3 rings (SSSR count). The smallest absolute Gasteiger partial charge is 0.270 e. The number of carbonyl (C=O) groups is 1. The van der Waals surface area contributed by atoms with Crippen molar-refractivity contribution in [1.29, 1.82) is 0 Å². The maximum atomic E-state index is 12.2. The Morgan fingerprint density at radius 3 is 2.76 bits per heavy atom. The zero-order valence-electron chi connectivity index (χ0n) is 9.37. The number of rotatable bonds is 1. The summed E-state index contributed by atoms with van der Waals surface area (Å²) in [7, 11) is 0. The SMILES string of the molecule is O=C(c1cc2ccc(Br)cc2[nH]1)N1CCCC1. The number of aromatic nitrogens is 1. The minimum Gasteiger partial charge on any atom is -0.350 e. The number of fused-ring (bicyclic) bond motifs is 1. The molecule has 2 aromatic rings. The number of hydrogen-bond acceptors (Lipinski definition) is 1. The van der Waals surface area contributed by atoms with Gasteiger partial charge in [-0.3, -0.25) is 4.79 Å². The number of aromatic amines is 1. The second-order valence-corrected chi connectivity index (χ2v) is 5.33. The maximum Gasteiger partial charge on any atom is 0.270 e. The summed E-state index contributed by atoms with van der Waals surface area (Å²) in [5, 5.41) is 1.08. The van der Waals surface area contributed by atoms with Crippen molar-refractivity contribution in [3.05, 3.63) is 34.4 Å². The van der Waals surface area contributed by atoms with Crippen molar-refractivity contribution in [2.45, 2.75) is 12.8 Å². The number of H-pyrrole nitrogens is 1. The summed E-state index contributed by atoms with van der Waals surface area (Å²) in [6.45, 7) is 1.77. The van der Waals surface area contributed by atoms with Gasteiger partial charge in [-0.05, 0) is 31.0 Å². The number of halogens is 1. The summed E-state index contributed by atoms with van der Waals surface area (Å²) >= 11 is 3.43. The Hall–Kier alpha value is -1.29. The third-order valence-corrected chi connectivity index (χ3v) is 3.70. The highest BCUT2D eigenvalue weighted by Gasteiger charge is 2.20. The Balaban J connectivity index is 1.97. The minimum absolute atomic E-state index is 0.120. The summed E-state index contributed by atoms with van der Waals surface area (Å²) in [4.78, 5) is 17.3. The lowest BCUT2D eigenvalue weighted by Crippen LogP contribution is -2.27. The number of nitrogens with zero attached hydrogens (tertiary/aromatic N) is 1. The van der Waals surface area contributed by atoms with E-state index in [1.165, 1.54) is 0 Å². The highest BCUT2D eigenvalue weighted by molar-refractivity contribution is 9.10. The van der Waals surface area contributed by atoms with Crippen LogP contribution in [-0.2, 0) is 0 Å². The number of likely N-dealkylation sites (tertiary alicyclic amines) is 1. The first-order valence-corrected chi connectivity index (χ1v) is 6.61. The largest absolute Gasteiger partial charge is 0.350 e. The van der Waals surface area contributed by atoms with E-state index in [1.54, 1.807) is 0 Å². The van der Waals surface area contributed by atoms with Crippen molar-refractivity contribution in [2.24, 2.45) is 0 Å². The van der Waals surface area contributed by atoms with Crippen LogP contribution in [0.25, 0.3) is 10.9 Å². The third kappa shape index (κ3) is 1.97. The van der Waals surface area contributed by atoms with Gasteiger partial charge in [-0.25, -0.2) is 0 Å². The molecule has 0 bridgehead atoms. The van der Waals surface area contributed by atoms with Crippen LogP contribution in [-0.4, -0.2) is 28.9 Å². The molecule has 1 N–H and O–H groups in total. The van der Waals surface area contributed by atoms with Crippen molar-refractivity contribution in [3.63, 3.8) is 0 Å². The van der Waals surface area contributed by atoms with Gasteiger partial charge in [0.2, 0.25) is 0 Å². The molecule has 3 nitrogen and oxygen atoms in total. The van der Waals surface area contributed by atoms with Crippen molar-refractivity contribution >= 4 is 32.7 Å². The second kappa shape index (κ2) is 4.18. The van der Waals surface area contributed by atoms with Crippen LogP contribution in [0.2, 0.25) is 0 Å². The van der Waals surface area contributed by atoms with E-state index in [0.717, 1.165) is 41.3 Å². The lowest BCUT2D eigenvalue weighted by molar-refractivity contribution is 0.0788. The van der Waals surface area contributed by atoms with Crippen LogP contribution < -0.4 is 0 Å². The van der Waals surface area contributed by atoms with Gasteiger partial charge in [-0.15, -0.1) is 0 Å². The summed E-state index contributed by atoms with van der Waals surface area (Å²) in [5.41, 5.74) is 1.70. The molecular formula is C13H13BrN2O. The molecular weight excluding hydrogens is 280 g/mol. The van der Waals surface area contributed by atoms with Crippen molar-refractivity contribution in [3.8, 4) is 0 Å². The molecule has 0 atom stereocenters. The molecule has 1 aromatic heterocycles. The Labute approximate surface area is 108 Å².